The Hall–Kier alpha value is -2.21. The lowest BCUT2D eigenvalue weighted by atomic mass is 10.2. The number of pyridine rings is 1. The maximum absolute atomic E-state index is 4.53. The van der Waals surface area contributed by atoms with Gasteiger partial charge in [-0.25, -0.2) is 4.98 Å². The summed E-state index contributed by atoms with van der Waals surface area (Å²) in [5, 5.41) is 3.53. The van der Waals surface area contributed by atoms with Crippen LogP contribution in [0, 0.1) is 6.92 Å². The van der Waals surface area contributed by atoms with Crippen molar-refractivity contribution in [2.45, 2.75) is 25.9 Å². The summed E-state index contributed by atoms with van der Waals surface area (Å²) in [6.45, 7) is 5.13. The molecule has 2 aromatic rings. The second-order valence-corrected chi connectivity index (χ2v) is 6.27. The third-order valence-electron chi connectivity index (χ3n) is 4.16. The van der Waals surface area contributed by atoms with Crippen molar-refractivity contribution < 1.29 is 0 Å². The molecule has 1 fully saturated rings. The molecule has 0 amide bonds. The fourth-order valence-corrected chi connectivity index (χ4v) is 2.84. The normalized spacial score (nSPS) is 18.1. The van der Waals surface area contributed by atoms with Crippen LogP contribution in [-0.4, -0.2) is 53.1 Å². The standard InChI is InChI=1S/C17H24N6/c1-13-5-4-8-18-15(13)12-23-10-7-14(11-23)20-16-6-9-19-17(21-16)22(2)3/h4-6,8-9,14H,7,10-12H2,1-3H3,(H,19,20,21). The van der Waals surface area contributed by atoms with E-state index in [1.165, 1.54) is 11.3 Å². The van der Waals surface area contributed by atoms with Crippen LogP contribution in [0.25, 0.3) is 0 Å². The van der Waals surface area contributed by atoms with Gasteiger partial charge in [0, 0.05) is 52.2 Å². The van der Waals surface area contributed by atoms with E-state index in [2.05, 4.69) is 38.2 Å². The van der Waals surface area contributed by atoms with E-state index in [0.29, 0.717) is 6.04 Å². The molecule has 0 spiro atoms. The second-order valence-electron chi connectivity index (χ2n) is 6.27. The fraction of sp³-hybridized carbons (Fsp3) is 0.471. The van der Waals surface area contributed by atoms with Gasteiger partial charge in [0.25, 0.3) is 0 Å². The first-order valence-electron chi connectivity index (χ1n) is 8.01. The van der Waals surface area contributed by atoms with Crippen molar-refractivity contribution in [3.8, 4) is 0 Å². The van der Waals surface area contributed by atoms with Crippen LogP contribution in [0.4, 0.5) is 11.8 Å². The first kappa shape index (κ1) is 15.7. The summed E-state index contributed by atoms with van der Waals surface area (Å²) in [6, 6.07) is 6.46. The number of hydrogen-bond acceptors (Lipinski definition) is 6. The predicted octanol–water partition coefficient (Wildman–Crippen LogP) is 1.93. The lowest BCUT2D eigenvalue weighted by molar-refractivity contribution is 0.323. The van der Waals surface area contributed by atoms with Gasteiger partial charge < -0.3 is 10.2 Å². The van der Waals surface area contributed by atoms with Gasteiger partial charge >= 0.3 is 0 Å². The van der Waals surface area contributed by atoms with Gasteiger partial charge in [-0.3, -0.25) is 9.88 Å². The van der Waals surface area contributed by atoms with Crippen LogP contribution in [0.5, 0.6) is 0 Å². The van der Waals surface area contributed by atoms with Gasteiger partial charge in [0.15, 0.2) is 0 Å². The van der Waals surface area contributed by atoms with E-state index in [9.17, 15) is 0 Å². The third-order valence-corrected chi connectivity index (χ3v) is 4.16. The lowest BCUT2D eigenvalue weighted by Gasteiger charge is -2.18. The Balaban J connectivity index is 1.58. The van der Waals surface area contributed by atoms with Crippen LogP contribution < -0.4 is 10.2 Å². The summed E-state index contributed by atoms with van der Waals surface area (Å²) in [6.07, 6.45) is 4.79. The minimum Gasteiger partial charge on any atom is -0.366 e. The summed E-state index contributed by atoms with van der Waals surface area (Å²) in [5.41, 5.74) is 2.43. The topological polar surface area (TPSA) is 57.2 Å². The maximum Gasteiger partial charge on any atom is 0.226 e. The number of aromatic nitrogens is 3. The molecule has 1 aliphatic rings. The van der Waals surface area contributed by atoms with Crippen molar-refractivity contribution >= 4 is 11.8 Å². The van der Waals surface area contributed by atoms with Gasteiger partial charge in [-0.05, 0) is 31.0 Å². The number of nitrogens with zero attached hydrogens (tertiary/aromatic N) is 5. The van der Waals surface area contributed by atoms with Gasteiger partial charge in [-0.15, -0.1) is 0 Å². The Kier molecular flexibility index (Phi) is 4.71. The van der Waals surface area contributed by atoms with Gasteiger partial charge in [0.1, 0.15) is 5.82 Å². The van der Waals surface area contributed by atoms with Crippen LogP contribution in [0.3, 0.4) is 0 Å². The first-order chi connectivity index (χ1) is 11.1. The van der Waals surface area contributed by atoms with Crippen molar-refractivity contribution in [2.75, 3.05) is 37.4 Å². The zero-order valence-corrected chi connectivity index (χ0v) is 14.0. The quantitative estimate of drug-likeness (QED) is 0.910. The molecule has 1 aliphatic heterocycles. The van der Waals surface area contributed by atoms with Gasteiger partial charge in [-0.1, -0.05) is 6.07 Å². The van der Waals surface area contributed by atoms with E-state index in [1.807, 2.05) is 37.3 Å². The Morgan fingerprint density at radius 1 is 1.26 bits per heavy atom. The number of nitrogens with one attached hydrogen (secondary N) is 1. The summed E-state index contributed by atoms with van der Waals surface area (Å²) in [4.78, 5) is 17.6. The van der Waals surface area contributed by atoms with Gasteiger partial charge in [-0.2, -0.15) is 4.98 Å². The molecule has 1 N–H and O–H groups in total. The highest BCUT2D eigenvalue weighted by molar-refractivity contribution is 5.41. The van der Waals surface area contributed by atoms with E-state index in [4.69, 9.17) is 0 Å². The number of rotatable bonds is 5. The zero-order chi connectivity index (χ0) is 16.2. The molecule has 0 aromatic carbocycles. The van der Waals surface area contributed by atoms with E-state index >= 15 is 0 Å². The molecule has 1 saturated heterocycles. The minimum absolute atomic E-state index is 0.420. The highest BCUT2D eigenvalue weighted by atomic mass is 15.2. The van der Waals surface area contributed by atoms with Crippen molar-refractivity contribution in [1.82, 2.24) is 19.9 Å². The Labute approximate surface area is 137 Å². The van der Waals surface area contributed by atoms with E-state index in [1.54, 1.807) is 6.20 Å². The van der Waals surface area contributed by atoms with E-state index in [-0.39, 0.29) is 0 Å². The van der Waals surface area contributed by atoms with Crippen molar-refractivity contribution in [3.63, 3.8) is 0 Å². The lowest BCUT2D eigenvalue weighted by Crippen LogP contribution is -2.27. The monoisotopic (exact) mass is 312 g/mol. The Bertz CT molecular complexity index is 657. The van der Waals surface area contributed by atoms with Crippen molar-refractivity contribution in [2.24, 2.45) is 0 Å². The fourth-order valence-electron chi connectivity index (χ4n) is 2.84. The van der Waals surface area contributed by atoms with Gasteiger partial charge in [0.2, 0.25) is 5.95 Å². The Morgan fingerprint density at radius 2 is 2.13 bits per heavy atom. The molecule has 0 radical (unpaired) electrons. The highest BCUT2D eigenvalue weighted by Gasteiger charge is 2.23. The zero-order valence-electron chi connectivity index (χ0n) is 14.0. The van der Waals surface area contributed by atoms with Crippen molar-refractivity contribution in [1.29, 1.82) is 0 Å². The maximum atomic E-state index is 4.53. The average molecular weight is 312 g/mol. The molecule has 0 bridgehead atoms. The molecule has 23 heavy (non-hydrogen) atoms. The molecule has 2 aromatic heterocycles. The van der Waals surface area contributed by atoms with Crippen LogP contribution >= 0.6 is 0 Å². The SMILES string of the molecule is Cc1cccnc1CN1CCC(Nc2ccnc(N(C)C)n2)C1. The Morgan fingerprint density at radius 3 is 2.91 bits per heavy atom. The molecular weight excluding hydrogens is 288 g/mol. The second kappa shape index (κ2) is 6.91. The van der Waals surface area contributed by atoms with Crippen LogP contribution in [0.2, 0.25) is 0 Å². The summed E-state index contributed by atoms with van der Waals surface area (Å²) < 4.78 is 0. The molecule has 1 unspecified atom stereocenters. The van der Waals surface area contributed by atoms with Crippen LogP contribution in [-0.2, 0) is 6.54 Å². The van der Waals surface area contributed by atoms with E-state index < -0.39 is 0 Å². The minimum atomic E-state index is 0.420. The summed E-state index contributed by atoms with van der Waals surface area (Å²) >= 11 is 0. The van der Waals surface area contributed by atoms with E-state index in [0.717, 1.165) is 37.8 Å². The highest BCUT2D eigenvalue weighted by Crippen LogP contribution is 2.18. The number of likely N-dealkylation sites (tertiary alicyclic amines) is 1. The molecule has 3 rings (SSSR count). The summed E-state index contributed by atoms with van der Waals surface area (Å²) in [5.74, 6) is 1.62. The molecule has 6 nitrogen and oxygen atoms in total. The molecule has 0 aliphatic carbocycles. The number of anilines is 2. The van der Waals surface area contributed by atoms with Crippen LogP contribution in [0.1, 0.15) is 17.7 Å². The summed E-state index contributed by atoms with van der Waals surface area (Å²) in [7, 11) is 3.90. The number of aryl methyl sites for hydroxylation is 1. The largest absolute Gasteiger partial charge is 0.366 e. The smallest absolute Gasteiger partial charge is 0.226 e. The first-order valence-corrected chi connectivity index (χ1v) is 8.01. The average Bonchev–Trinajstić information content (AvgIpc) is 2.97. The van der Waals surface area contributed by atoms with Crippen molar-refractivity contribution in [3.05, 3.63) is 41.9 Å². The molecule has 0 saturated carbocycles. The third kappa shape index (κ3) is 3.96. The molecule has 3 heterocycles. The predicted molar refractivity (Wildman–Crippen MR) is 92.6 cm³/mol. The molecule has 6 heteroatoms. The number of hydrogen-bond donors (Lipinski definition) is 1. The molecule has 1 atom stereocenters. The van der Waals surface area contributed by atoms with Gasteiger partial charge in [0.05, 0.1) is 5.69 Å². The molecule has 122 valence electrons. The van der Waals surface area contributed by atoms with Crippen LogP contribution in [0.15, 0.2) is 30.6 Å². The molecular formula is C17H24N6.